The SMILES string of the molecule is CCCCN(C)CCCCCCCN(C)CC(C)CC. The quantitative estimate of drug-likeness (QED) is 0.429. The van der Waals surface area contributed by atoms with Gasteiger partial charge < -0.3 is 9.80 Å². The van der Waals surface area contributed by atoms with Crippen LogP contribution in [0.1, 0.15) is 72.1 Å². The summed E-state index contributed by atoms with van der Waals surface area (Å²) in [6.45, 7) is 12.0. The monoisotopic (exact) mass is 284 g/mol. The van der Waals surface area contributed by atoms with Gasteiger partial charge in [0, 0.05) is 6.54 Å². The molecule has 20 heavy (non-hydrogen) atoms. The molecule has 0 saturated heterocycles. The van der Waals surface area contributed by atoms with Gasteiger partial charge in [0.25, 0.3) is 0 Å². The van der Waals surface area contributed by atoms with Crippen LogP contribution in [0.2, 0.25) is 0 Å². The highest BCUT2D eigenvalue weighted by atomic mass is 15.1. The first-order valence-corrected chi connectivity index (χ1v) is 8.97. The van der Waals surface area contributed by atoms with E-state index in [-0.39, 0.29) is 0 Å². The molecule has 1 atom stereocenters. The Morgan fingerprint density at radius 1 is 0.700 bits per heavy atom. The van der Waals surface area contributed by atoms with Gasteiger partial charge in [-0.05, 0) is 58.9 Å². The molecule has 2 heteroatoms. The first kappa shape index (κ1) is 19.9. The van der Waals surface area contributed by atoms with Crippen molar-refractivity contribution in [3.63, 3.8) is 0 Å². The zero-order valence-electron chi connectivity index (χ0n) is 15.0. The summed E-state index contributed by atoms with van der Waals surface area (Å²) in [4.78, 5) is 5.00. The van der Waals surface area contributed by atoms with Gasteiger partial charge in [0.15, 0.2) is 0 Å². The standard InChI is InChI=1S/C18H40N2/c1-6-8-14-19(4)15-12-10-9-11-13-16-20(5)17-18(3)7-2/h18H,6-17H2,1-5H3. The fourth-order valence-corrected chi connectivity index (χ4v) is 2.59. The highest BCUT2D eigenvalue weighted by Gasteiger charge is 2.03. The van der Waals surface area contributed by atoms with E-state index >= 15 is 0 Å². The van der Waals surface area contributed by atoms with Crippen molar-refractivity contribution in [1.82, 2.24) is 9.80 Å². The molecule has 0 aromatic rings. The average molecular weight is 285 g/mol. The van der Waals surface area contributed by atoms with Gasteiger partial charge in [0.05, 0.1) is 0 Å². The molecule has 0 bridgehead atoms. The summed E-state index contributed by atoms with van der Waals surface area (Å²) in [5.74, 6) is 0.846. The van der Waals surface area contributed by atoms with Crippen LogP contribution in [-0.4, -0.2) is 50.1 Å². The van der Waals surface area contributed by atoms with E-state index in [0.717, 1.165) is 5.92 Å². The van der Waals surface area contributed by atoms with Gasteiger partial charge in [-0.25, -0.2) is 0 Å². The Labute approximate surface area is 128 Å². The largest absolute Gasteiger partial charge is 0.306 e. The molecule has 0 aromatic heterocycles. The second-order valence-electron chi connectivity index (χ2n) is 6.70. The summed E-state index contributed by atoms with van der Waals surface area (Å²) in [5.41, 5.74) is 0. The summed E-state index contributed by atoms with van der Waals surface area (Å²) >= 11 is 0. The van der Waals surface area contributed by atoms with Crippen LogP contribution in [0.25, 0.3) is 0 Å². The van der Waals surface area contributed by atoms with Crippen molar-refractivity contribution in [1.29, 1.82) is 0 Å². The van der Waals surface area contributed by atoms with Gasteiger partial charge in [0.2, 0.25) is 0 Å². The number of nitrogens with zero attached hydrogens (tertiary/aromatic N) is 2. The summed E-state index contributed by atoms with van der Waals surface area (Å²) in [6, 6.07) is 0. The third-order valence-electron chi connectivity index (χ3n) is 4.29. The molecule has 0 aliphatic carbocycles. The predicted molar refractivity (Wildman–Crippen MR) is 92.4 cm³/mol. The van der Waals surface area contributed by atoms with Crippen LogP contribution in [0.3, 0.4) is 0 Å². The molecule has 0 N–H and O–H groups in total. The van der Waals surface area contributed by atoms with Crippen molar-refractivity contribution in [2.45, 2.75) is 72.1 Å². The number of unbranched alkanes of at least 4 members (excludes halogenated alkanes) is 5. The predicted octanol–water partition coefficient (Wildman–Crippen LogP) is 4.65. The molecule has 0 saturated carbocycles. The van der Waals surface area contributed by atoms with Crippen LogP contribution in [0, 0.1) is 5.92 Å². The zero-order valence-corrected chi connectivity index (χ0v) is 15.0. The molecule has 0 aromatic carbocycles. The van der Waals surface area contributed by atoms with E-state index < -0.39 is 0 Å². The number of hydrogen-bond acceptors (Lipinski definition) is 2. The molecule has 2 nitrogen and oxygen atoms in total. The van der Waals surface area contributed by atoms with Crippen LogP contribution in [0.15, 0.2) is 0 Å². The molecule has 0 aliphatic rings. The molecule has 0 heterocycles. The Morgan fingerprint density at radius 2 is 1.20 bits per heavy atom. The maximum absolute atomic E-state index is 2.51. The summed E-state index contributed by atoms with van der Waals surface area (Å²) < 4.78 is 0. The van der Waals surface area contributed by atoms with E-state index in [2.05, 4.69) is 44.7 Å². The number of hydrogen-bond donors (Lipinski definition) is 0. The molecule has 0 amide bonds. The lowest BCUT2D eigenvalue weighted by atomic mass is 10.1. The topological polar surface area (TPSA) is 6.48 Å². The van der Waals surface area contributed by atoms with E-state index in [1.807, 2.05) is 0 Å². The maximum Gasteiger partial charge on any atom is 0.000387 e. The van der Waals surface area contributed by atoms with Gasteiger partial charge in [-0.15, -0.1) is 0 Å². The molecule has 0 spiro atoms. The first-order chi connectivity index (χ1) is 9.60. The van der Waals surface area contributed by atoms with Crippen LogP contribution in [0.5, 0.6) is 0 Å². The molecule has 0 fully saturated rings. The highest BCUT2D eigenvalue weighted by Crippen LogP contribution is 2.07. The minimum atomic E-state index is 0.846. The summed E-state index contributed by atoms with van der Waals surface area (Å²) in [7, 11) is 4.54. The van der Waals surface area contributed by atoms with E-state index in [4.69, 9.17) is 0 Å². The van der Waals surface area contributed by atoms with Crippen LogP contribution in [-0.2, 0) is 0 Å². The highest BCUT2D eigenvalue weighted by molar-refractivity contribution is 4.58. The molecule has 0 rings (SSSR count). The van der Waals surface area contributed by atoms with Crippen molar-refractivity contribution in [2.24, 2.45) is 5.92 Å². The molecule has 1 unspecified atom stereocenters. The van der Waals surface area contributed by atoms with Crippen molar-refractivity contribution in [3.8, 4) is 0 Å². The Balaban J connectivity index is 3.27. The van der Waals surface area contributed by atoms with Gasteiger partial charge in [-0.1, -0.05) is 52.9 Å². The fourth-order valence-electron chi connectivity index (χ4n) is 2.59. The van der Waals surface area contributed by atoms with E-state index in [1.165, 1.54) is 77.5 Å². The van der Waals surface area contributed by atoms with E-state index in [1.54, 1.807) is 0 Å². The Bertz CT molecular complexity index is 194. The first-order valence-electron chi connectivity index (χ1n) is 8.97. The second kappa shape index (κ2) is 13.9. The average Bonchev–Trinajstić information content (AvgIpc) is 2.43. The number of rotatable bonds is 14. The van der Waals surface area contributed by atoms with Crippen LogP contribution >= 0.6 is 0 Å². The van der Waals surface area contributed by atoms with Crippen molar-refractivity contribution in [3.05, 3.63) is 0 Å². The minimum Gasteiger partial charge on any atom is -0.306 e. The smallest absolute Gasteiger partial charge is 0.000387 e. The molecule has 0 aliphatic heterocycles. The molecular formula is C18H40N2. The summed E-state index contributed by atoms with van der Waals surface area (Å²) in [6.07, 6.45) is 10.9. The van der Waals surface area contributed by atoms with Crippen LogP contribution < -0.4 is 0 Å². The lowest BCUT2D eigenvalue weighted by molar-refractivity contribution is 0.275. The van der Waals surface area contributed by atoms with Gasteiger partial charge in [0.1, 0.15) is 0 Å². The Hall–Kier alpha value is -0.0800. The Kier molecular flexibility index (Phi) is 13.8. The third-order valence-corrected chi connectivity index (χ3v) is 4.29. The van der Waals surface area contributed by atoms with Gasteiger partial charge >= 0.3 is 0 Å². The molecular weight excluding hydrogens is 244 g/mol. The lowest BCUT2D eigenvalue weighted by Gasteiger charge is -2.20. The molecule has 0 radical (unpaired) electrons. The fraction of sp³-hybridized carbons (Fsp3) is 1.00. The van der Waals surface area contributed by atoms with Crippen molar-refractivity contribution in [2.75, 3.05) is 40.3 Å². The lowest BCUT2D eigenvalue weighted by Crippen LogP contribution is -2.25. The van der Waals surface area contributed by atoms with Crippen molar-refractivity contribution >= 4 is 0 Å². The van der Waals surface area contributed by atoms with Gasteiger partial charge in [-0.3, -0.25) is 0 Å². The maximum atomic E-state index is 2.51. The second-order valence-corrected chi connectivity index (χ2v) is 6.70. The van der Waals surface area contributed by atoms with E-state index in [0.29, 0.717) is 0 Å². The van der Waals surface area contributed by atoms with Gasteiger partial charge in [-0.2, -0.15) is 0 Å². The van der Waals surface area contributed by atoms with Crippen LogP contribution in [0.4, 0.5) is 0 Å². The zero-order chi connectivity index (χ0) is 15.2. The summed E-state index contributed by atoms with van der Waals surface area (Å²) in [5, 5.41) is 0. The minimum absolute atomic E-state index is 0.846. The van der Waals surface area contributed by atoms with Crippen molar-refractivity contribution < 1.29 is 0 Å². The van der Waals surface area contributed by atoms with E-state index in [9.17, 15) is 0 Å². The molecule has 122 valence electrons. The normalized spacial score (nSPS) is 13.3. The third kappa shape index (κ3) is 12.9. The Morgan fingerprint density at radius 3 is 1.75 bits per heavy atom.